The van der Waals surface area contributed by atoms with Gasteiger partial charge in [-0.05, 0) is 62.6 Å². The summed E-state index contributed by atoms with van der Waals surface area (Å²) in [5.74, 6) is -0.396. The van der Waals surface area contributed by atoms with E-state index in [9.17, 15) is 4.39 Å². The number of rotatable bonds is 3. The maximum atomic E-state index is 13.2. The fourth-order valence-corrected chi connectivity index (χ4v) is 2.96. The molecule has 0 heterocycles. The highest BCUT2D eigenvalue weighted by Gasteiger charge is 2.12. The van der Waals surface area contributed by atoms with E-state index in [1.54, 1.807) is 12.1 Å². The van der Waals surface area contributed by atoms with Crippen LogP contribution in [0.2, 0.25) is 5.02 Å². The highest BCUT2D eigenvalue weighted by molar-refractivity contribution is 6.31. The van der Waals surface area contributed by atoms with Crippen LogP contribution in [0.3, 0.4) is 0 Å². The molecule has 1 nitrogen and oxygen atoms in total. The molecule has 3 heteroatoms. The second-order valence-electron chi connectivity index (χ2n) is 5.31. The Balaban J connectivity index is 2.28. The molecule has 0 amide bonds. The van der Waals surface area contributed by atoms with Gasteiger partial charge in [0.15, 0.2) is 0 Å². The fourth-order valence-electron chi connectivity index (χ4n) is 2.78. The van der Waals surface area contributed by atoms with E-state index in [0.717, 1.165) is 5.69 Å². The first-order valence-electron chi connectivity index (χ1n) is 6.68. The van der Waals surface area contributed by atoms with Gasteiger partial charge in [0.2, 0.25) is 0 Å². The Bertz CT molecular complexity index is 614. The van der Waals surface area contributed by atoms with Crippen molar-refractivity contribution in [2.75, 3.05) is 5.32 Å². The van der Waals surface area contributed by atoms with E-state index in [0.29, 0.717) is 0 Å². The van der Waals surface area contributed by atoms with E-state index in [-0.39, 0.29) is 11.1 Å². The molecule has 1 atom stereocenters. The molecule has 0 fully saturated rings. The standard InChI is InChI=1S/C17H19ClFN/c1-10-7-11(2)17(12(3)8-10)13(4)20-14-5-6-16(19)15(18)9-14/h5-9,13,20H,1-4H3. The van der Waals surface area contributed by atoms with Crippen molar-refractivity contribution in [1.29, 1.82) is 0 Å². The molecule has 0 aromatic heterocycles. The predicted molar refractivity (Wildman–Crippen MR) is 84.1 cm³/mol. The quantitative estimate of drug-likeness (QED) is 0.778. The molecule has 0 saturated heterocycles. The Hall–Kier alpha value is -1.54. The molecule has 20 heavy (non-hydrogen) atoms. The normalized spacial score (nSPS) is 12.3. The summed E-state index contributed by atoms with van der Waals surface area (Å²) >= 11 is 5.81. The van der Waals surface area contributed by atoms with Gasteiger partial charge in [0.05, 0.1) is 5.02 Å². The highest BCUT2D eigenvalue weighted by Crippen LogP contribution is 2.28. The number of hydrogen-bond donors (Lipinski definition) is 1. The zero-order valence-corrected chi connectivity index (χ0v) is 13.0. The van der Waals surface area contributed by atoms with Crippen LogP contribution in [0.1, 0.15) is 35.2 Å². The van der Waals surface area contributed by atoms with Gasteiger partial charge in [-0.25, -0.2) is 4.39 Å². The topological polar surface area (TPSA) is 12.0 Å². The van der Waals surface area contributed by atoms with Crippen molar-refractivity contribution >= 4 is 17.3 Å². The fraction of sp³-hybridized carbons (Fsp3) is 0.294. The molecule has 0 saturated carbocycles. The van der Waals surface area contributed by atoms with Crippen molar-refractivity contribution in [3.05, 3.63) is 63.4 Å². The van der Waals surface area contributed by atoms with Crippen LogP contribution >= 0.6 is 11.6 Å². The summed E-state index contributed by atoms with van der Waals surface area (Å²) < 4.78 is 13.2. The van der Waals surface area contributed by atoms with E-state index in [1.165, 1.54) is 28.3 Å². The average Bonchev–Trinajstić information content (AvgIpc) is 2.32. The van der Waals surface area contributed by atoms with Gasteiger partial charge >= 0.3 is 0 Å². The molecule has 2 aromatic carbocycles. The molecule has 0 aliphatic heterocycles. The minimum Gasteiger partial charge on any atom is -0.378 e. The summed E-state index contributed by atoms with van der Waals surface area (Å²) in [6.45, 7) is 8.43. The van der Waals surface area contributed by atoms with Gasteiger partial charge in [0, 0.05) is 11.7 Å². The smallest absolute Gasteiger partial charge is 0.141 e. The lowest BCUT2D eigenvalue weighted by Crippen LogP contribution is -2.10. The Morgan fingerprint density at radius 2 is 1.65 bits per heavy atom. The van der Waals surface area contributed by atoms with Crippen LogP contribution in [0.5, 0.6) is 0 Å². The Morgan fingerprint density at radius 3 is 2.20 bits per heavy atom. The number of nitrogens with one attached hydrogen (secondary N) is 1. The summed E-state index contributed by atoms with van der Waals surface area (Å²) in [5.41, 5.74) is 5.88. The molecule has 2 aromatic rings. The SMILES string of the molecule is Cc1cc(C)c(C(C)Nc2ccc(F)c(Cl)c2)c(C)c1. The summed E-state index contributed by atoms with van der Waals surface area (Å²) in [6.07, 6.45) is 0. The number of anilines is 1. The van der Waals surface area contributed by atoms with E-state index < -0.39 is 5.82 Å². The number of halogens is 2. The van der Waals surface area contributed by atoms with Gasteiger partial charge in [-0.15, -0.1) is 0 Å². The second kappa shape index (κ2) is 5.84. The number of benzene rings is 2. The van der Waals surface area contributed by atoms with Gasteiger partial charge in [-0.1, -0.05) is 29.3 Å². The van der Waals surface area contributed by atoms with Gasteiger partial charge in [0.1, 0.15) is 5.82 Å². The Labute approximate surface area is 124 Å². The minimum absolute atomic E-state index is 0.136. The lowest BCUT2D eigenvalue weighted by Gasteiger charge is -2.21. The van der Waals surface area contributed by atoms with Crippen molar-refractivity contribution in [1.82, 2.24) is 0 Å². The van der Waals surface area contributed by atoms with Gasteiger partial charge in [-0.3, -0.25) is 0 Å². The second-order valence-corrected chi connectivity index (χ2v) is 5.71. The first-order chi connectivity index (χ1) is 9.38. The number of aryl methyl sites for hydroxylation is 3. The third kappa shape index (κ3) is 3.13. The summed E-state index contributed by atoms with van der Waals surface area (Å²) in [4.78, 5) is 0. The van der Waals surface area contributed by atoms with Gasteiger partial charge in [0.25, 0.3) is 0 Å². The van der Waals surface area contributed by atoms with Crippen LogP contribution < -0.4 is 5.32 Å². The Kier molecular flexibility index (Phi) is 4.34. The third-order valence-electron chi connectivity index (χ3n) is 3.47. The van der Waals surface area contributed by atoms with Crippen LogP contribution in [-0.2, 0) is 0 Å². The first-order valence-corrected chi connectivity index (χ1v) is 7.05. The van der Waals surface area contributed by atoms with Crippen molar-refractivity contribution < 1.29 is 4.39 Å². The predicted octanol–water partition coefficient (Wildman–Crippen LogP) is 5.58. The first kappa shape index (κ1) is 14.9. The van der Waals surface area contributed by atoms with Crippen molar-refractivity contribution in [2.24, 2.45) is 0 Å². The van der Waals surface area contributed by atoms with Crippen molar-refractivity contribution in [3.8, 4) is 0 Å². The molecular weight excluding hydrogens is 273 g/mol. The number of hydrogen-bond acceptors (Lipinski definition) is 1. The molecule has 106 valence electrons. The lowest BCUT2D eigenvalue weighted by atomic mass is 9.95. The molecule has 0 aliphatic carbocycles. The molecular formula is C17H19ClFN. The largest absolute Gasteiger partial charge is 0.378 e. The summed E-state index contributed by atoms with van der Waals surface area (Å²) in [5, 5.41) is 3.51. The van der Waals surface area contributed by atoms with Crippen LogP contribution in [0.15, 0.2) is 30.3 Å². The monoisotopic (exact) mass is 291 g/mol. The van der Waals surface area contributed by atoms with Crippen LogP contribution in [0.25, 0.3) is 0 Å². The summed E-state index contributed by atoms with van der Waals surface area (Å²) in [6, 6.07) is 9.20. The molecule has 0 bridgehead atoms. The third-order valence-corrected chi connectivity index (χ3v) is 3.76. The maximum Gasteiger partial charge on any atom is 0.141 e. The summed E-state index contributed by atoms with van der Waals surface area (Å²) in [7, 11) is 0. The van der Waals surface area contributed by atoms with E-state index >= 15 is 0 Å². The lowest BCUT2D eigenvalue weighted by molar-refractivity contribution is 0.628. The molecule has 0 radical (unpaired) electrons. The minimum atomic E-state index is -0.396. The van der Waals surface area contributed by atoms with E-state index in [1.807, 2.05) is 0 Å². The molecule has 2 rings (SSSR count). The Morgan fingerprint density at radius 1 is 1.05 bits per heavy atom. The zero-order valence-electron chi connectivity index (χ0n) is 12.2. The van der Waals surface area contributed by atoms with Crippen LogP contribution in [0.4, 0.5) is 10.1 Å². The van der Waals surface area contributed by atoms with Gasteiger partial charge < -0.3 is 5.32 Å². The van der Waals surface area contributed by atoms with Crippen LogP contribution in [0, 0.1) is 26.6 Å². The van der Waals surface area contributed by atoms with Crippen molar-refractivity contribution in [2.45, 2.75) is 33.7 Å². The maximum absolute atomic E-state index is 13.2. The van der Waals surface area contributed by atoms with Crippen molar-refractivity contribution in [3.63, 3.8) is 0 Å². The van der Waals surface area contributed by atoms with Crippen LogP contribution in [-0.4, -0.2) is 0 Å². The molecule has 1 N–H and O–H groups in total. The average molecular weight is 292 g/mol. The van der Waals surface area contributed by atoms with E-state index in [4.69, 9.17) is 11.6 Å². The highest BCUT2D eigenvalue weighted by atomic mass is 35.5. The zero-order chi connectivity index (χ0) is 14.9. The van der Waals surface area contributed by atoms with E-state index in [2.05, 4.69) is 45.1 Å². The molecule has 0 spiro atoms. The molecule has 1 unspecified atom stereocenters. The molecule has 0 aliphatic rings. The van der Waals surface area contributed by atoms with Gasteiger partial charge in [-0.2, -0.15) is 0 Å².